The molecule has 0 saturated carbocycles. The molecule has 0 atom stereocenters. The minimum absolute atomic E-state index is 0.0464. The number of nitrogens with zero attached hydrogens (tertiary/aromatic N) is 1. The fourth-order valence-electron chi connectivity index (χ4n) is 2.10. The van der Waals surface area contributed by atoms with Crippen molar-refractivity contribution in [1.29, 1.82) is 0 Å². The lowest BCUT2D eigenvalue weighted by molar-refractivity contribution is -0.134. The van der Waals surface area contributed by atoms with Crippen molar-refractivity contribution >= 4 is 5.91 Å². The smallest absolute Gasteiger partial charge is 0.260 e. The van der Waals surface area contributed by atoms with Crippen LogP contribution in [0.1, 0.15) is 18.4 Å². The summed E-state index contributed by atoms with van der Waals surface area (Å²) < 4.78 is 5.56. The number of hydrogen-bond acceptors (Lipinski definition) is 3. The molecule has 4 heteroatoms. The largest absolute Gasteiger partial charge is 0.484 e. The standard InChI is InChI=1S/C14H20N2O2/c1-11-4-2-3-5-13(11)18-10-14(17)16-8-6-12(15)7-9-16/h2-5,12H,6-10,15H2,1H3. The predicted octanol–water partition coefficient (Wildman–Crippen LogP) is 1.32. The number of benzene rings is 1. The van der Waals surface area contributed by atoms with Crippen molar-refractivity contribution in [1.82, 2.24) is 4.90 Å². The van der Waals surface area contributed by atoms with E-state index in [-0.39, 0.29) is 18.6 Å². The summed E-state index contributed by atoms with van der Waals surface area (Å²) in [6.45, 7) is 3.58. The van der Waals surface area contributed by atoms with Gasteiger partial charge < -0.3 is 15.4 Å². The molecule has 1 heterocycles. The second-order valence-corrected chi connectivity index (χ2v) is 4.77. The molecule has 0 unspecified atom stereocenters. The lowest BCUT2D eigenvalue weighted by Gasteiger charge is -2.30. The molecule has 0 aliphatic carbocycles. The van der Waals surface area contributed by atoms with E-state index in [9.17, 15) is 4.79 Å². The number of amides is 1. The maximum absolute atomic E-state index is 11.9. The number of hydrogen-bond donors (Lipinski definition) is 1. The van der Waals surface area contributed by atoms with Crippen LogP contribution in [0.15, 0.2) is 24.3 Å². The third-order valence-corrected chi connectivity index (χ3v) is 3.34. The van der Waals surface area contributed by atoms with Gasteiger partial charge in [0, 0.05) is 19.1 Å². The average Bonchev–Trinajstić information content (AvgIpc) is 2.38. The maximum atomic E-state index is 11.9. The van der Waals surface area contributed by atoms with Crippen molar-refractivity contribution in [3.63, 3.8) is 0 Å². The number of nitrogens with two attached hydrogens (primary N) is 1. The van der Waals surface area contributed by atoms with Crippen LogP contribution in [0, 0.1) is 6.92 Å². The van der Waals surface area contributed by atoms with Gasteiger partial charge in [0.2, 0.25) is 0 Å². The molecule has 1 aromatic carbocycles. The normalized spacial score (nSPS) is 16.7. The summed E-state index contributed by atoms with van der Waals surface area (Å²) in [4.78, 5) is 13.8. The molecule has 0 radical (unpaired) electrons. The summed E-state index contributed by atoms with van der Waals surface area (Å²) in [5.41, 5.74) is 6.86. The molecular weight excluding hydrogens is 228 g/mol. The first-order chi connectivity index (χ1) is 8.66. The van der Waals surface area contributed by atoms with Crippen molar-refractivity contribution in [3.05, 3.63) is 29.8 Å². The molecule has 0 spiro atoms. The van der Waals surface area contributed by atoms with Crippen molar-refractivity contribution < 1.29 is 9.53 Å². The molecule has 1 aromatic rings. The zero-order chi connectivity index (χ0) is 13.0. The molecule has 18 heavy (non-hydrogen) atoms. The fraction of sp³-hybridized carbons (Fsp3) is 0.500. The van der Waals surface area contributed by atoms with Crippen LogP contribution >= 0.6 is 0 Å². The van der Waals surface area contributed by atoms with E-state index in [0.29, 0.717) is 0 Å². The molecule has 1 amide bonds. The van der Waals surface area contributed by atoms with Crippen LogP contribution in [0.4, 0.5) is 0 Å². The van der Waals surface area contributed by atoms with E-state index in [0.717, 1.165) is 37.2 Å². The van der Waals surface area contributed by atoms with Crippen LogP contribution in [0.2, 0.25) is 0 Å². The summed E-state index contributed by atoms with van der Waals surface area (Å²) in [6, 6.07) is 7.96. The Morgan fingerprint density at radius 2 is 2.06 bits per heavy atom. The maximum Gasteiger partial charge on any atom is 0.260 e. The molecule has 1 fully saturated rings. The van der Waals surface area contributed by atoms with Crippen LogP contribution < -0.4 is 10.5 Å². The minimum Gasteiger partial charge on any atom is -0.484 e. The summed E-state index contributed by atoms with van der Waals surface area (Å²) in [5, 5.41) is 0. The lowest BCUT2D eigenvalue weighted by atomic mass is 10.1. The topological polar surface area (TPSA) is 55.6 Å². The van der Waals surface area contributed by atoms with Gasteiger partial charge in [-0.15, -0.1) is 0 Å². The third-order valence-electron chi connectivity index (χ3n) is 3.34. The highest BCUT2D eigenvalue weighted by Gasteiger charge is 2.20. The van der Waals surface area contributed by atoms with E-state index in [1.807, 2.05) is 36.1 Å². The van der Waals surface area contributed by atoms with Crippen LogP contribution in [0.5, 0.6) is 5.75 Å². The number of aryl methyl sites for hydroxylation is 1. The quantitative estimate of drug-likeness (QED) is 0.877. The highest BCUT2D eigenvalue weighted by Crippen LogP contribution is 2.16. The monoisotopic (exact) mass is 248 g/mol. The Morgan fingerprint density at radius 3 is 2.72 bits per heavy atom. The van der Waals surface area contributed by atoms with E-state index >= 15 is 0 Å². The van der Waals surface area contributed by atoms with Crippen LogP contribution in [0.25, 0.3) is 0 Å². The van der Waals surface area contributed by atoms with Gasteiger partial charge in [0.15, 0.2) is 6.61 Å². The van der Waals surface area contributed by atoms with Gasteiger partial charge in [0.25, 0.3) is 5.91 Å². The molecule has 1 saturated heterocycles. The molecule has 1 aliphatic heterocycles. The molecule has 1 aliphatic rings. The van der Waals surface area contributed by atoms with Gasteiger partial charge in [-0.1, -0.05) is 18.2 Å². The van der Waals surface area contributed by atoms with Gasteiger partial charge in [-0.3, -0.25) is 4.79 Å². The average molecular weight is 248 g/mol. The number of likely N-dealkylation sites (tertiary alicyclic amines) is 1. The Kier molecular flexibility index (Phi) is 4.20. The number of carbonyl (C=O) groups excluding carboxylic acids is 1. The van der Waals surface area contributed by atoms with Crippen molar-refractivity contribution in [3.8, 4) is 5.75 Å². The predicted molar refractivity (Wildman–Crippen MR) is 70.5 cm³/mol. The molecule has 4 nitrogen and oxygen atoms in total. The van der Waals surface area contributed by atoms with E-state index in [1.54, 1.807) is 0 Å². The first kappa shape index (κ1) is 12.9. The van der Waals surface area contributed by atoms with E-state index < -0.39 is 0 Å². The van der Waals surface area contributed by atoms with Gasteiger partial charge in [-0.05, 0) is 31.4 Å². The van der Waals surface area contributed by atoms with Gasteiger partial charge in [-0.2, -0.15) is 0 Å². The van der Waals surface area contributed by atoms with Gasteiger partial charge in [0.05, 0.1) is 0 Å². The SMILES string of the molecule is Cc1ccccc1OCC(=O)N1CCC(N)CC1. The number of rotatable bonds is 3. The van der Waals surface area contributed by atoms with Crippen LogP contribution in [-0.2, 0) is 4.79 Å². The number of ether oxygens (including phenoxy) is 1. The van der Waals surface area contributed by atoms with E-state index in [4.69, 9.17) is 10.5 Å². The fourth-order valence-corrected chi connectivity index (χ4v) is 2.10. The van der Waals surface area contributed by atoms with Crippen molar-refractivity contribution in [2.45, 2.75) is 25.8 Å². The van der Waals surface area contributed by atoms with Gasteiger partial charge in [0.1, 0.15) is 5.75 Å². The Labute approximate surface area is 108 Å². The summed E-state index contributed by atoms with van der Waals surface area (Å²) in [5.74, 6) is 0.824. The van der Waals surface area contributed by atoms with Gasteiger partial charge >= 0.3 is 0 Å². The first-order valence-electron chi connectivity index (χ1n) is 6.38. The second kappa shape index (κ2) is 5.87. The summed E-state index contributed by atoms with van der Waals surface area (Å²) >= 11 is 0. The zero-order valence-corrected chi connectivity index (χ0v) is 10.8. The Morgan fingerprint density at radius 1 is 1.39 bits per heavy atom. The second-order valence-electron chi connectivity index (χ2n) is 4.77. The molecule has 0 bridgehead atoms. The Hall–Kier alpha value is -1.55. The number of para-hydroxylation sites is 1. The Balaban J connectivity index is 1.83. The number of carbonyl (C=O) groups is 1. The zero-order valence-electron chi connectivity index (χ0n) is 10.8. The lowest BCUT2D eigenvalue weighted by Crippen LogP contribution is -2.44. The van der Waals surface area contributed by atoms with Crippen molar-refractivity contribution in [2.24, 2.45) is 5.73 Å². The van der Waals surface area contributed by atoms with Crippen LogP contribution in [-0.4, -0.2) is 36.5 Å². The molecule has 98 valence electrons. The first-order valence-corrected chi connectivity index (χ1v) is 6.38. The number of piperidine rings is 1. The molecule has 2 rings (SSSR count). The van der Waals surface area contributed by atoms with Crippen molar-refractivity contribution in [2.75, 3.05) is 19.7 Å². The molecule has 2 N–H and O–H groups in total. The highest BCUT2D eigenvalue weighted by molar-refractivity contribution is 5.77. The van der Waals surface area contributed by atoms with E-state index in [2.05, 4.69) is 0 Å². The van der Waals surface area contributed by atoms with Gasteiger partial charge in [-0.25, -0.2) is 0 Å². The molecular formula is C14H20N2O2. The van der Waals surface area contributed by atoms with E-state index in [1.165, 1.54) is 0 Å². The highest BCUT2D eigenvalue weighted by atomic mass is 16.5. The molecule has 0 aromatic heterocycles. The minimum atomic E-state index is 0.0464. The Bertz CT molecular complexity index is 412. The third kappa shape index (κ3) is 3.23. The summed E-state index contributed by atoms with van der Waals surface area (Å²) in [6.07, 6.45) is 1.77. The summed E-state index contributed by atoms with van der Waals surface area (Å²) in [7, 11) is 0. The van der Waals surface area contributed by atoms with Crippen LogP contribution in [0.3, 0.4) is 0 Å².